The predicted molar refractivity (Wildman–Crippen MR) is 83.4 cm³/mol. The number of hydrazine groups is 1. The summed E-state index contributed by atoms with van der Waals surface area (Å²) in [5.41, 5.74) is 4.47. The van der Waals surface area contributed by atoms with E-state index in [1.165, 1.54) is 12.1 Å². The zero-order valence-electron chi connectivity index (χ0n) is 11.1. The molecule has 5 heteroatoms. The zero-order chi connectivity index (χ0) is 14.5. The fourth-order valence-electron chi connectivity index (χ4n) is 1.94. The summed E-state index contributed by atoms with van der Waals surface area (Å²) >= 11 is 7.57. The largest absolute Gasteiger partial charge is 0.271 e. The molecule has 0 aliphatic heterocycles. The molecule has 0 aromatic heterocycles. The molecule has 0 saturated heterocycles. The molecule has 0 heterocycles. The van der Waals surface area contributed by atoms with Crippen molar-refractivity contribution >= 4 is 23.4 Å². The molecule has 0 spiro atoms. The molecule has 1 unspecified atom stereocenters. The highest BCUT2D eigenvalue weighted by atomic mass is 35.5. The zero-order valence-corrected chi connectivity index (χ0v) is 12.6. The summed E-state index contributed by atoms with van der Waals surface area (Å²) in [6, 6.07) is 12.5. The molecule has 2 aromatic carbocycles. The summed E-state index contributed by atoms with van der Waals surface area (Å²) in [6.45, 7) is 1.87. The average Bonchev–Trinajstić information content (AvgIpc) is 2.38. The van der Waals surface area contributed by atoms with Crippen LogP contribution in [0.2, 0.25) is 5.02 Å². The van der Waals surface area contributed by atoms with E-state index >= 15 is 0 Å². The average molecular weight is 311 g/mol. The third kappa shape index (κ3) is 4.21. The fraction of sp³-hybridized carbons (Fsp3) is 0.200. The van der Waals surface area contributed by atoms with Gasteiger partial charge in [0.25, 0.3) is 0 Å². The summed E-state index contributed by atoms with van der Waals surface area (Å²) in [5.74, 6) is 6.04. The van der Waals surface area contributed by atoms with Crippen LogP contribution in [0.1, 0.15) is 17.2 Å². The maximum Gasteiger partial charge on any atom is 0.123 e. The second-order valence-electron chi connectivity index (χ2n) is 4.55. The van der Waals surface area contributed by atoms with E-state index in [2.05, 4.69) is 5.43 Å². The fourth-order valence-corrected chi connectivity index (χ4v) is 3.23. The molecule has 0 radical (unpaired) electrons. The molecule has 2 nitrogen and oxygen atoms in total. The number of rotatable bonds is 5. The molecule has 20 heavy (non-hydrogen) atoms. The Hall–Kier alpha value is -1.07. The van der Waals surface area contributed by atoms with Gasteiger partial charge in [-0.2, -0.15) is 0 Å². The van der Waals surface area contributed by atoms with Gasteiger partial charge in [-0.05, 0) is 48.4 Å². The topological polar surface area (TPSA) is 38.0 Å². The number of halogens is 2. The number of thioether (sulfide) groups is 1. The van der Waals surface area contributed by atoms with Crippen molar-refractivity contribution < 1.29 is 4.39 Å². The molecular weight excluding hydrogens is 295 g/mol. The van der Waals surface area contributed by atoms with Crippen molar-refractivity contribution in [1.29, 1.82) is 0 Å². The van der Waals surface area contributed by atoms with E-state index in [9.17, 15) is 4.39 Å². The van der Waals surface area contributed by atoms with Gasteiger partial charge in [0, 0.05) is 15.7 Å². The van der Waals surface area contributed by atoms with Crippen LogP contribution in [0.15, 0.2) is 47.4 Å². The van der Waals surface area contributed by atoms with Crippen LogP contribution >= 0.6 is 23.4 Å². The van der Waals surface area contributed by atoms with Crippen LogP contribution in [-0.4, -0.2) is 5.75 Å². The van der Waals surface area contributed by atoms with E-state index in [-0.39, 0.29) is 11.9 Å². The minimum Gasteiger partial charge on any atom is -0.271 e. The number of nitrogens with two attached hydrogens (primary N) is 1. The van der Waals surface area contributed by atoms with Gasteiger partial charge in [-0.25, -0.2) is 4.39 Å². The molecule has 2 aromatic rings. The first-order valence-electron chi connectivity index (χ1n) is 6.20. The molecule has 0 amide bonds. The van der Waals surface area contributed by atoms with Crippen LogP contribution in [0.25, 0.3) is 0 Å². The molecular formula is C15H16ClFN2S. The van der Waals surface area contributed by atoms with Gasteiger partial charge >= 0.3 is 0 Å². The van der Waals surface area contributed by atoms with Gasteiger partial charge in [0.05, 0.1) is 6.04 Å². The third-order valence-corrected chi connectivity index (χ3v) is 4.20. The van der Waals surface area contributed by atoms with Gasteiger partial charge in [0.15, 0.2) is 0 Å². The van der Waals surface area contributed by atoms with Gasteiger partial charge in [0.1, 0.15) is 5.82 Å². The summed E-state index contributed by atoms with van der Waals surface area (Å²) in [5, 5.41) is 0.703. The number of hydrogen-bond donors (Lipinski definition) is 2. The van der Waals surface area contributed by atoms with Gasteiger partial charge in [-0.3, -0.25) is 11.3 Å². The SMILES string of the molecule is Cc1cc(F)cc(C(CSc2cccc(Cl)c2)NN)c1. The van der Waals surface area contributed by atoms with E-state index in [0.29, 0.717) is 10.8 Å². The van der Waals surface area contributed by atoms with Crippen molar-refractivity contribution in [3.8, 4) is 0 Å². The maximum absolute atomic E-state index is 13.4. The van der Waals surface area contributed by atoms with Crippen LogP contribution in [0.4, 0.5) is 4.39 Å². The quantitative estimate of drug-likeness (QED) is 0.496. The highest BCUT2D eigenvalue weighted by Crippen LogP contribution is 2.27. The molecule has 0 saturated carbocycles. The lowest BCUT2D eigenvalue weighted by Gasteiger charge is -2.16. The van der Waals surface area contributed by atoms with E-state index in [4.69, 9.17) is 17.4 Å². The molecule has 3 N–H and O–H groups in total. The first-order chi connectivity index (χ1) is 9.58. The number of nitrogens with one attached hydrogen (secondary N) is 1. The van der Waals surface area contributed by atoms with Crippen molar-refractivity contribution in [2.75, 3.05) is 5.75 Å². The standard InChI is InChI=1S/C15H16ClFN2S/c1-10-5-11(7-13(17)6-10)15(19-18)9-20-14-4-2-3-12(16)8-14/h2-8,15,19H,9,18H2,1H3. The number of hydrogen-bond acceptors (Lipinski definition) is 3. The van der Waals surface area contributed by atoms with Gasteiger partial charge in [-0.15, -0.1) is 11.8 Å². The van der Waals surface area contributed by atoms with Crippen molar-refractivity contribution in [1.82, 2.24) is 5.43 Å². The van der Waals surface area contributed by atoms with E-state index in [0.717, 1.165) is 16.0 Å². The summed E-state index contributed by atoms with van der Waals surface area (Å²) in [7, 11) is 0. The normalized spacial score (nSPS) is 12.4. The minimum absolute atomic E-state index is 0.117. The van der Waals surface area contributed by atoms with Crippen LogP contribution < -0.4 is 11.3 Å². The molecule has 0 fully saturated rings. The van der Waals surface area contributed by atoms with E-state index < -0.39 is 0 Å². The van der Waals surface area contributed by atoms with Crippen molar-refractivity contribution in [3.63, 3.8) is 0 Å². The number of benzene rings is 2. The second kappa shape index (κ2) is 7.09. The Bertz CT molecular complexity index is 572. The monoisotopic (exact) mass is 310 g/mol. The Kier molecular flexibility index (Phi) is 5.43. The highest BCUT2D eigenvalue weighted by molar-refractivity contribution is 7.99. The van der Waals surface area contributed by atoms with Crippen LogP contribution in [-0.2, 0) is 0 Å². The van der Waals surface area contributed by atoms with Crippen molar-refractivity contribution in [2.24, 2.45) is 5.84 Å². The first kappa shape index (κ1) is 15.3. The van der Waals surface area contributed by atoms with Crippen LogP contribution in [0.5, 0.6) is 0 Å². The highest BCUT2D eigenvalue weighted by Gasteiger charge is 2.12. The van der Waals surface area contributed by atoms with Gasteiger partial charge in [-0.1, -0.05) is 23.7 Å². The Morgan fingerprint density at radius 2 is 2.10 bits per heavy atom. The van der Waals surface area contributed by atoms with Crippen LogP contribution in [0.3, 0.4) is 0 Å². The lowest BCUT2D eigenvalue weighted by atomic mass is 10.1. The first-order valence-corrected chi connectivity index (χ1v) is 7.56. The smallest absolute Gasteiger partial charge is 0.123 e. The van der Waals surface area contributed by atoms with E-state index in [1.54, 1.807) is 11.8 Å². The van der Waals surface area contributed by atoms with E-state index in [1.807, 2.05) is 37.3 Å². The molecule has 0 aliphatic rings. The van der Waals surface area contributed by atoms with Crippen molar-refractivity contribution in [2.45, 2.75) is 17.9 Å². The van der Waals surface area contributed by atoms with Crippen molar-refractivity contribution in [3.05, 3.63) is 64.4 Å². The Morgan fingerprint density at radius 1 is 1.30 bits per heavy atom. The second-order valence-corrected chi connectivity index (χ2v) is 6.08. The lowest BCUT2D eigenvalue weighted by Crippen LogP contribution is -2.29. The summed E-state index contributed by atoms with van der Waals surface area (Å²) in [4.78, 5) is 1.06. The third-order valence-electron chi connectivity index (χ3n) is 2.88. The molecule has 0 bridgehead atoms. The number of aryl methyl sites for hydroxylation is 1. The van der Waals surface area contributed by atoms with Gasteiger partial charge in [0.2, 0.25) is 0 Å². The van der Waals surface area contributed by atoms with Crippen LogP contribution in [0, 0.1) is 12.7 Å². The molecule has 1 atom stereocenters. The molecule has 0 aliphatic carbocycles. The minimum atomic E-state index is -0.243. The molecule has 2 rings (SSSR count). The van der Waals surface area contributed by atoms with Gasteiger partial charge < -0.3 is 0 Å². The predicted octanol–water partition coefficient (Wildman–Crippen LogP) is 4.08. The summed E-state index contributed by atoms with van der Waals surface area (Å²) < 4.78 is 13.4. The maximum atomic E-state index is 13.4. The lowest BCUT2D eigenvalue weighted by molar-refractivity contribution is 0.590. The Morgan fingerprint density at radius 3 is 2.75 bits per heavy atom. The summed E-state index contributed by atoms with van der Waals surface area (Å²) in [6.07, 6.45) is 0. The molecule has 106 valence electrons. The Balaban J connectivity index is 2.09. The Labute approximate surface area is 127 Å².